The van der Waals surface area contributed by atoms with Crippen LogP contribution in [-0.4, -0.2) is 20.9 Å². The molecule has 0 bridgehead atoms. The van der Waals surface area contributed by atoms with Crippen molar-refractivity contribution in [3.63, 3.8) is 0 Å². The summed E-state index contributed by atoms with van der Waals surface area (Å²) in [4.78, 5) is 11.5. The maximum absolute atomic E-state index is 11.5. The molecule has 1 aromatic heterocycles. The maximum Gasteiger partial charge on any atom is 0.310 e. The Morgan fingerprint density at radius 1 is 1.50 bits per heavy atom. The van der Waals surface area contributed by atoms with Gasteiger partial charge in [0.1, 0.15) is 0 Å². The van der Waals surface area contributed by atoms with Gasteiger partial charge in [0.2, 0.25) is 0 Å². The van der Waals surface area contributed by atoms with Crippen molar-refractivity contribution < 1.29 is 9.90 Å². The van der Waals surface area contributed by atoms with Gasteiger partial charge in [-0.05, 0) is 18.9 Å². The van der Waals surface area contributed by atoms with E-state index in [2.05, 4.69) is 5.10 Å². The first kappa shape index (κ1) is 11.2. The van der Waals surface area contributed by atoms with Crippen LogP contribution in [0.4, 0.5) is 0 Å². The number of rotatable bonds is 3. The molecule has 0 aliphatic heterocycles. The Morgan fingerprint density at radius 3 is 2.69 bits per heavy atom. The van der Waals surface area contributed by atoms with Crippen LogP contribution in [0.3, 0.4) is 0 Å². The van der Waals surface area contributed by atoms with Gasteiger partial charge in [0, 0.05) is 19.7 Å². The third kappa shape index (κ3) is 2.10. The quantitative estimate of drug-likeness (QED) is 0.851. The largest absolute Gasteiger partial charge is 0.481 e. The van der Waals surface area contributed by atoms with Gasteiger partial charge in [0.05, 0.1) is 11.1 Å². The van der Waals surface area contributed by atoms with E-state index >= 15 is 0 Å². The van der Waals surface area contributed by atoms with Crippen molar-refractivity contribution in [2.75, 3.05) is 0 Å². The molecule has 4 nitrogen and oxygen atoms in total. The number of carboxylic acid groups (broad SMARTS) is 1. The zero-order valence-electron chi connectivity index (χ0n) is 9.65. The van der Waals surface area contributed by atoms with Crippen LogP contribution < -0.4 is 0 Å². The number of hydrogen-bond donors (Lipinski definition) is 1. The third-order valence-corrected chi connectivity index (χ3v) is 3.55. The number of carbonyl (C=O) groups is 1. The maximum atomic E-state index is 11.5. The Bertz CT molecular complexity index is 378. The molecule has 0 spiro atoms. The molecule has 0 radical (unpaired) electrons. The van der Waals surface area contributed by atoms with Crippen LogP contribution in [0.25, 0.3) is 0 Å². The van der Waals surface area contributed by atoms with E-state index in [1.165, 1.54) is 0 Å². The number of aliphatic carboxylic acids is 1. The molecule has 2 rings (SSSR count). The zero-order chi connectivity index (χ0) is 11.6. The van der Waals surface area contributed by atoms with Crippen LogP contribution in [0, 0.1) is 5.41 Å². The first-order valence-electron chi connectivity index (χ1n) is 5.84. The second-order valence-electron chi connectivity index (χ2n) is 4.80. The highest BCUT2D eigenvalue weighted by atomic mass is 16.4. The van der Waals surface area contributed by atoms with Gasteiger partial charge in [-0.25, -0.2) is 0 Å². The fraction of sp³-hybridized carbons (Fsp3) is 0.667. The molecule has 16 heavy (non-hydrogen) atoms. The fourth-order valence-corrected chi connectivity index (χ4v) is 2.60. The van der Waals surface area contributed by atoms with E-state index in [1.54, 1.807) is 4.68 Å². The molecule has 4 heteroatoms. The molecule has 1 saturated carbocycles. The summed E-state index contributed by atoms with van der Waals surface area (Å²) in [6.45, 7) is 0. The van der Waals surface area contributed by atoms with Gasteiger partial charge in [0.15, 0.2) is 0 Å². The molecule has 0 atom stereocenters. The third-order valence-electron chi connectivity index (χ3n) is 3.55. The summed E-state index contributed by atoms with van der Waals surface area (Å²) in [5, 5.41) is 13.7. The van der Waals surface area contributed by atoms with E-state index < -0.39 is 11.4 Å². The molecule has 0 aromatic carbocycles. The Morgan fingerprint density at radius 2 is 2.19 bits per heavy atom. The number of hydrogen-bond acceptors (Lipinski definition) is 2. The highest BCUT2D eigenvalue weighted by Gasteiger charge is 2.40. The Labute approximate surface area is 95.3 Å². The lowest BCUT2D eigenvalue weighted by Gasteiger charge is -2.32. The highest BCUT2D eigenvalue weighted by Crippen LogP contribution is 2.39. The van der Waals surface area contributed by atoms with Crippen molar-refractivity contribution in [3.8, 4) is 0 Å². The van der Waals surface area contributed by atoms with E-state index in [4.69, 9.17) is 0 Å². The second kappa shape index (κ2) is 4.28. The van der Waals surface area contributed by atoms with Gasteiger partial charge in [-0.15, -0.1) is 0 Å². The van der Waals surface area contributed by atoms with Gasteiger partial charge >= 0.3 is 5.97 Å². The van der Waals surface area contributed by atoms with E-state index in [-0.39, 0.29) is 0 Å². The number of aromatic nitrogens is 2. The minimum atomic E-state index is -0.655. The van der Waals surface area contributed by atoms with Gasteiger partial charge < -0.3 is 5.11 Å². The molecular formula is C12H18N2O2. The number of carboxylic acids is 1. The second-order valence-corrected chi connectivity index (χ2v) is 4.80. The molecule has 1 heterocycles. The minimum absolute atomic E-state index is 0.563. The van der Waals surface area contributed by atoms with E-state index in [9.17, 15) is 9.90 Å². The normalized spacial score (nSPS) is 19.6. The Hall–Kier alpha value is -1.32. The molecule has 1 N–H and O–H groups in total. The molecular weight excluding hydrogens is 204 g/mol. The summed E-state index contributed by atoms with van der Waals surface area (Å²) < 4.78 is 1.73. The van der Waals surface area contributed by atoms with Gasteiger partial charge in [-0.2, -0.15) is 5.10 Å². The van der Waals surface area contributed by atoms with Crippen LogP contribution in [0.2, 0.25) is 0 Å². The molecule has 88 valence electrons. The first-order valence-corrected chi connectivity index (χ1v) is 5.84. The number of nitrogens with zero attached hydrogens (tertiary/aromatic N) is 2. The van der Waals surface area contributed by atoms with Crippen LogP contribution in [0.1, 0.15) is 37.8 Å². The van der Waals surface area contributed by atoms with E-state index in [1.807, 2.05) is 19.3 Å². The smallest absolute Gasteiger partial charge is 0.310 e. The monoisotopic (exact) mass is 222 g/mol. The Balaban J connectivity index is 2.16. The predicted molar refractivity (Wildman–Crippen MR) is 60.1 cm³/mol. The van der Waals surface area contributed by atoms with Crippen molar-refractivity contribution in [1.82, 2.24) is 9.78 Å². The van der Waals surface area contributed by atoms with E-state index in [0.29, 0.717) is 6.42 Å². The van der Waals surface area contributed by atoms with Crippen molar-refractivity contribution in [1.29, 1.82) is 0 Å². The zero-order valence-corrected chi connectivity index (χ0v) is 9.65. The Kier molecular flexibility index (Phi) is 2.99. The van der Waals surface area contributed by atoms with Gasteiger partial charge in [-0.1, -0.05) is 19.3 Å². The molecule has 0 saturated heterocycles. The molecule has 1 fully saturated rings. The van der Waals surface area contributed by atoms with E-state index in [0.717, 1.165) is 37.8 Å². The molecule has 0 unspecified atom stereocenters. The van der Waals surface area contributed by atoms with Crippen LogP contribution >= 0.6 is 0 Å². The summed E-state index contributed by atoms with van der Waals surface area (Å²) in [5.41, 5.74) is 0.332. The molecule has 1 aliphatic rings. The standard InChI is InChI=1S/C12H18N2O2/c1-14-8-5-10(13-14)9-12(11(15)16)6-3-2-4-7-12/h5,8H,2-4,6-7,9H2,1H3,(H,15,16). The molecule has 1 aromatic rings. The molecule has 1 aliphatic carbocycles. The van der Waals surface area contributed by atoms with Crippen molar-refractivity contribution >= 4 is 5.97 Å². The minimum Gasteiger partial charge on any atom is -0.481 e. The highest BCUT2D eigenvalue weighted by molar-refractivity contribution is 5.75. The first-order chi connectivity index (χ1) is 7.62. The van der Waals surface area contributed by atoms with Crippen molar-refractivity contribution in [2.24, 2.45) is 12.5 Å². The topological polar surface area (TPSA) is 55.1 Å². The van der Waals surface area contributed by atoms with Crippen molar-refractivity contribution in [3.05, 3.63) is 18.0 Å². The fourth-order valence-electron chi connectivity index (χ4n) is 2.60. The summed E-state index contributed by atoms with van der Waals surface area (Å²) in [5.74, 6) is -0.655. The van der Waals surface area contributed by atoms with Gasteiger partial charge in [-0.3, -0.25) is 9.48 Å². The summed E-state index contributed by atoms with van der Waals surface area (Å²) in [6.07, 6.45) is 7.24. The SMILES string of the molecule is Cn1ccc(CC2(C(=O)O)CCCCC2)n1. The lowest BCUT2D eigenvalue weighted by Crippen LogP contribution is -2.35. The summed E-state index contributed by atoms with van der Waals surface area (Å²) in [6, 6.07) is 1.92. The molecule has 0 amide bonds. The van der Waals surface area contributed by atoms with Crippen LogP contribution in [0.15, 0.2) is 12.3 Å². The summed E-state index contributed by atoms with van der Waals surface area (Å²) >= 11 is 0. The average molecular weight is 222 g/mol. The predicted octanol–water partition coefficient (Wildman–Crippen LogP) is 2.00. The van der Waals surface area contributed by atoms with Gasteiger partial charge in [0.25, 0.3) is 0 Å². The summed E-state index contributed by atoms with van der Waals surface area (Å²) in [7, 11) is 1.86. The van der Waals surface area contributed by atoms with Crippen LogP contribution in [0.5, 0.6) is 0 Å². The average Bonchev–Trinajstić information content (AvgIpc) is 2.65. The van der Waals surface area contributed by atoms with Crippen LogP contribution in [-0.2, 0) is 18.3 Å². The lowest BCUT2D eigenvalue weighted by molar-refractivity contribution is -0.151. The number of aryl methyl sites for hydroxylation is 1. The lowest BCUT2D eigenvalue weighted by atomic mass is 9.71. The van der Waals surface area contributed by atoms with Crippen molar-refractivity contribution in [2.45, 2.75) is 38.5 Å².